The first kappa shape index (κ1) is 25.9. The summed E-state index contributed by atoms with van der Waals surface area (Å²) in [6, 6.07) is 16.6. The number of methoxy groups -OCH3 is 1. The Bertz CT molecular complexity index is 1060. The molecule has 34 heavy (non-hydrogen) atoms. The van der Waals surface area contributed by atoms with E-state index >= 15 is 0 Å². The van der Waals surface area contributed by atoms with Gasteiger partial charge in [-0.1, -0.05) is 42.5 Å². The van der Waals surface area contributed by atoms with E-state index in [0.717, 1.165) is 5.56 Å². The molecule has 1 saturated heterocycles. The summed E-state index contributed by atoms with van der Waals surface area (Å²) in [7, 11) is -1.90. The molecule has 0 aromatic heterocycles. The molecule has 9 heteroatoms. The summed E-state index contributed by atoms with van der Waals surface area (Å²) in [5.74, 6) is -0.997. The number of benzene rings is 2. The van der Waals surface area contributed by atoms with Crippen LogP contribution in [0.15, 0.2) is 54.6 Å². The summed E-state index contributed by atoms with van der Waals surface area (Å²) in [6.45, 7) is 1.33. The van der Waals surface area contributed by atoms with Crippen molar-refractivity contribution in [2.45, 2.75) is 25.7 Å². The van der Waals surface area contributed by atoms with Crippen molar-refractivity contribution in [2.24, 2.45) is 5.92 Å². The van der Waals surface area contributed by atoms with Crippen LogP contribution in [0.4, 0.5) is 5.69 Å². The van der Waals surface area contributed by atoms with Crippen LogP contribution in [0, 0.1) is 5.92 Å². The third-order valence-corrected chi connectivity index (χ3v) is 7.80. The van der Waals surface area contributed by atoms with Crippen LogP contribution in [0.3, 0.4) is 0 Å². The molecular formula is C25H33N3O5S. The van der Waals surface area contributed by atoms with E-state index in [9.17, 15) is 18.0 Å². The van der Waals surface area contributed by atoms with Gasteiger partial charge in [-0.15, -0.1) is 0 Å². The average Bonchev–Trinajstić information content (AvgIpc) is 2.85. The van der Waals surface area contributed by atoms with Gasteiger partial charge in [0.15, 0.2) is 0 Å². The topological polar surface area (TPSA) is 105 Å². The Labute approximate surface area is 201 Å². The van der Waals surface area contributed by atoms with E-state index in [1.807, 2.05) is 30.3 Å². The van der Waals surface area contributed by atoms with Gasteiger partial charge in [0.05, 0.1) is 29.5 Å². The molecule has 1 aliphatic rings. The first-order valence-corrected chi connectivity index (χ1v) is 13.2. The van der Waals surface area contributed by atoms with Crippen molar-refractivity contribution in [1.82, 2.24) is 9.62 Å². The summed E-state index contributed by atoms with van der Waals surface area (Å²) in [4.78, 5) is 25.5. The van der Waals surface area contributed by atoms with Crippen LogP contribution in [0.2, 0.25) is 0 Å². The predicted octanol–water partition coefficient (Wildman–Crippen LogP) is 2.68. The SMILES string of the molecule is COCCNC(=O)c1ccccc1NC(=O)[C@@H]1CCCN(S(=O)(=O)CCCc2ccccc2)C1. The first-order valence-electron chi connectivity index (χ1n) is 11.6. The summed E-state index contributed by atoms with van der Waals surface area (Å²) in [5, 5.41) is 5.58. The van der Waals surface area contributed by atoms with Crippen LogP contribution in [0.1, 0.15) is 35.2 Å². The van der Waals surface area contributed by atoms with E-state index in [1.54, 1.807) is 31.4 Å². The van der Waals surface area contributed by atoms with Crippen LogP contribution in [-0.4, -0.2) is 63.6 Å². The molecule has 0 unspecified atom stereocenters. The summed E-state index contributed by atoms with van der Waals surface area (Å²) in [5.41, 5.74) is 1.87. The second kappa shape index (κ2) is 12.6. The van der Waals surface area contributed by atoms with E-state index in [-0.39, 0.29) is 24.1 Å². The zero-order valence-corrected chi connectivity index (χ0v) is 20.4. The second-order valence-corrected chi connectivity index (χ2v) is 10.5. The molecule has 2 aromatic rings. The van der Waals surface area contributed by atoms with Crippen molar-refractivity contribution in [3.63, 3.8) is 0 Å². The molecule has 1 fully saturated rings. The van der Waals surface area contributed by atoms with Crippen LogP contribution >= 0.6 is 0 Å². The van der Waals surface area contributed by atoms with Gasteiger partial charge >= 0.3 is 0 Å². The Morgan fingerprint density at radius 1 is 1.09 bits per heavy atom. The Balaban J connectivity index is 1.57. The summed E-state index contributed by atoms with van der Waals surface area (Å²) in [6.07, 6.45) is 2.45. The summed E-state index contributed by atoms with van der Waals surface area (Å²) >= 11 is 0. The highest BCUT2D eigenvalue weighted by molar-refractivity contribution is 7.89. The third-order valence-electron chi connectivity index (χ3n) is 5.88. The van der Waals surface area contributed by atoms with Crippen LogP contribution < -0.4 is 10.6 Å². The molecule has 2 amide bonds. The average molecular weight is 488 g/mol. The zero-order valence-electron chi connectivity index (χ0n) is 19.5. The lowest BCUT2D eigenvalue weighted by Gasteiger charge is -2.31. The molecule has 184 valence electrons. The fraction of sp³-hybridized carbons (Fsp3) is 0.440. The first-order chi connectivity index (χ1) is 16.4. The number of piperidine rings is 1. The number of rotatable bonds is 11. The molecule has 2 N–H and O–H groups in total. The van der Waals surface area contributed by atoms with Gasteiger partial charge < -0.3 is 15.4 Å². The largest absolute Gasteiger partial charge is 0.383 e. The minimum Gasteiger partial charge on any atom is -0.383 e. The molecule has 1 heterocycles. The molecule has 3 rings (SSSR count). The normalized spacial score (nSPS) is 16.7. The van der Waals surface area contributed by atoms with Crippen molar-refractivity contribution in [2.75, 3.05) is 44.4 Å². The Morgan fingerprint density at radius 2 is 1.82 bits per heavy atom. The van der Waals surface area contributed by atoms with Gasteiger partial charge in [0, 0.05) is 26.7 Å². The molecule has 0 bridgehead atoms. The quantitative estimate of drug-likeness (QED) is 0.474. The molecule has 2 aromatic carbocycles. The summed E-state index contributed by atoms with van der Waals surface area (Å²) < 4.78 is 32.2. The van der Waals surface area contributed by atoms with E-state index in [2.05, 4.69) is 10.6 Å². The highest BCUT2D eigenvalue weighted by Gasteiger charge is 2.32. The number of carbonyl (C=O) groups is 2. The number of amides is 2. The maximum absolute atomic E-state index is 13.0. The Morgan fingerprint density at radius 3 is 2.59 bits per heavy atom. The maximum atomic E-state index is 13.0. The molecule has 1 atom stereocenters. The predicted molar refractivity (Wildman–Crippen MR) is 132 cm³/mol. The number of carbonyl (C=O) groups excluding carboxylic acids is 2. The minimum absolute atomic E-state index is 0.0563. The number of hydrogen-bond donors (Lipinski definition) is 2. The fourth-order valence-electron chi connectivity index (χ4n) is 4.03. The Hall–Kier alpha value is -2.75. The van der Waals surface area contributed by atoms with Gasteiger partial charge in [0.2, 0.25) is 15.9 Å². The third kappa shape index (κ3) is 7.38. The van der Waals surface area contributed by atoms with Crippen LogP contribution in [-0.2, 0) is 26.0 Å². The van der Waals surface area contributed by atoms with Gasteiger partial charge in [0.25, 0.3) is 5.91 Å². The van der Waals surface area contributed by atoms with Gasteiger partial charge in [-0.25, -0.2) is 12.7 Å². The smallest absolute Gasteiger partial charge is 0.253 e. The van der Waals surface area contributed by atoms with Crippen molar-refractivity contribution in [3.8, 4) is 0 Å². The van der Waals surface area contributed by atoms with Crippen molar-refractivity contribution in [1.29, 1.82) is 0 Å². The second-order valence-electron chi connectivity index (χ2n) is 8.39. The number of hydrogen-bond acceptors (Lipinski definition) is 5. The zero-order chi connectivity index (χ0) is 24.4. The molecule has 0 radical (unpaired) electrons. The standard InChI is InChI=1S/C25H33N3O5S/c1-33-17-15-26-25(30)22-13-5-6-14-23(22)27-24(29)21-12-7-16-28(19-21)34(31,32)18-8-11-20-9-3-2-4-10-20/h2-6,9-10,13-14,21H,7-8,11-12,15-19H2,1H3,(H,26,30)(H,27,29)/t21-/m1/s1. The molecule has 0 spiro atoms. The lowest BCUT2D eigenvalue weighted by molar-refractivity contribution is -0.120. The number of anilines is 1. The van der Waals surface area contributed by atoms with Crippen LogP contribution in [0.25, 0.3) is 0 Å². The molecule has 8 nitrogen and oxygen atoms in total. The van der Waals surface area contributed by atoms with E-state index in [4.69, 9.17) is 4.74 Å². The number of aryl methyl sites for hydroxylation is 1. The number of nitrogens with one attached hydrogen (secondary N) is 2. The molecule has 1 aliphatic heterocycles. The van der Waals surface area contributed by atoms with Crippen molar-refractivity contribution >= 4 is 27.5 Å². The van der Waals surface area contributed by atoms with E-state index < -0.39 is 15.9 Å². The molecule has 0 saturated carbocycles. The number of ether oxygens (including phenoxy) is 1. The van der Waals surface area contributed by atoms with Gasteiger partial charge in [0.1, 0.15) is 0 Å². The fourth-order valence-corrected chi connectivity index (χ4v) is 5.61. The Kier molecular flexibility index (Phi) is 9.62. The monoisotopic (exact) mass is 487 g/mol. The van der Waals surface area contributed by atoms with Gasteiger partial charge in [-0.05, 0) is 43.4 Å². The molecular weight excluding hydrogens is 454 g/mol. The maximum Gasteiger partial charge on any atom is 0.253 e. The number of sulfonamides is 1. The highest BCUT2D eigenvalue weighted by Crippen LogP contribution is 2.23. The molecule has 0 aliphatic carbocycles. The van der Waals surface area contributed by atoms with E-state index in [1.165, 1.54) is 4.31 Å². The van der Waals surface area contributed by atoms with Gasteiger partial charge in [-0.3, -0.25) is 9.59 Å². The number of para-hydroxylation sites is 1. The van der Waals surface area contributed by atoms with E-state index in [0.29, 0.717) is 56.6 Å². The minimum atomic E-state index is -3.45. The van der Waals surface area contributed by atoms with Crippen LogP contribution in [0.5, 0.6) is 0 Å². The number of nitrogens with zero attached hydrogens (tertiary/aromatic N) is 1. The van der Waals surface area contributed by atoms with Gasteiger partial charge in [-0.2, -0.15) is 0 Å². The highest BCUT2D eigenvalue weighted by atomic mass is 32.2. The lowest BCUT2D eigenvalue weighted by atomic mass is 9.98. The van der Waals surface area contributed by atoms with Crippen molar-refractivity contribution < 1.29 is 22.7 Å². The lowest BCUT2D eigenvalue weighted by Crippen LogP contribution is -2.44. The van der Waals surface area contributed by atoms with Crippen molar-refractivity contribution in [3.05, 3.63) is 65.7 Å².